The Labute approximate surface area is 225 Å². The fourth-order valence-corrected chi connectivity index (χ4v) is 4.68. The first-order chi connectivity index (χ1) is 18.9. The van der Waals surface area contributed by atoms with Crippen molar-refractivity contribution in [2.24, 2.45) is 0 Å². The molecule has 210 valence electrons. The molecule has 13 heteroatoms. The number of hydrogen-bond donors (Lipinski definition) is 1. The summed E-state index contributed by atoms with van der Waals surface area (Å²) in [4.78, 5) is 19.6. The van der Waals surface area contributed by atoms with Gasteiger partial charge >= 0.3 is 12.4 Å². The summed E-state index contributed by atoms with van der Waals surface area (Å²) in [5, 5.41) is 3.39. The average Bonchev–Trinajstić information content (AvgIpc) is 2.87. The fraction of sp³-hybridized carbons (Fsp3) is 0.333. The molecular weight excluding hydrogens is 538 g/mol. The zero-order valence-electron chi connectivity index (χ0n) is 21.4. The van der Waals surface area contributed by atoms with E-state index in [-0.39, 0.29) is 35.1 Å². The molecule has 0 saturated carbocycles. The number of pyridine rings is 2. The lowest BCUT2D eigenvalue weighted by molar-refractivity contribution is -0.138. The highest BCUT2D eigenvalue weighted by molar-refractivity contribution is 5.90. The van der Waals surface area contributed by atoms with E-state index >= 15 is 0 Å². The van der Waals surface area contributed by atoms with Crippen LogP contribution in [0.2, 0.25) is 0 Å². The Balaban J connectivity index is 1.57. The molecule has 1 N–H and O–H groups in total. The van der Waals surface area contributed by atoms with Crippen LogP contribution in [0.25, 0.3) is 22.4 Å². The first-order valence-corrected chi connectivity index (χ1v) is 12.4. The van der Waals surface area contributed by atoms with Gasteiger partial charge in [-0.15, -0.1) is 0 Å². The molecule has 0 radical (unpaired) electrons. The molecule has 0 bridgehead atoms. The molecule has 1 fully saturated rings. The number of alkyl halides is 6. The quantitative estimate of drug-likeness (QED) is 0.279. The van der Waals surface area contributed by atoms with Gasteiger partial charge < -0.3 is 10.1 Å². The highest BCUT2D eigenvalue weighted by Gasteiger charge is 2.35. The molecule has 1 saturated heterocycles. The zero-order chi connectivity index (χ0) is 28.7. The molecule has 40 heavy (non-hydrogen) atoms. The van der Waals surface area contributed by atoms with E-state index in [1.54, 1.807) is 0 Å². The van der Waals surface area contributed by atoms with Crippen LogP contribution >= 0.6 is 0 Å². The van der Waals surface area contributed by atoms with Crippen molar-refractivity contribution in [1.29, 1.82) is 0 Å². The van der Waals surface area contributed by atoms with Crippen molar-refractivity contribution in [1.82, 2.24) is 24.8 Å². The second-order valence-electron chi connectivity index (χ2n) is 9.60. The highest BCUT2D eigenvalue weighted by Crippen LogP contribution is 2.36. The minimum atomic E-state index is -4.64. The number of halogens is 6. The topological polar surface area (TPSA) is 76.1 Å². The van der Waals surface area contributed by atoms with Crippen LogP contribution in [0.5, 0.6) is 0 Å². The van der Waals surface area contributed by atoms with Gasteiger partial charge in [-0.05, 0) is 62.4 Å². The number of morpholine rings is 1. The van der Waals surface area contributed by atoms with Crippen LogP contribution in [0.3, 0.4) is 0 Å². The number of nitrogens with zero attached hydrogens (tertiary/aromatic N) is 5. The molecule has 0 amide bonds. The number of hydrogen-bond acceptors (Lipinski definition) is 7. The average molecular weight is 563 g/mol. The van der Waals surface area contributed by atoms with E-state index in [1.807, 2.05) is 13.8 Å². The van der Waals surface area contributed by atoms with Crippen molar-refractivity contribution >= 4 is 22.5 Å². The Morgan fingerprint density at radius 2 is 1.57 bits per heavy atom. The van der Waals surface area contributed by atoms with Gasteiger partial charge in [0, 0.05) is 25.0 Å². The van der Waals surface area contributed by atoms with Gasteiger partial charge in [0.25, 0.3) is 0 Å². The molecule has 0 unspecified atom stereocenters. The molecule has 3 aromatic heterocycles. The van der Waals surface area contributed by atoms with E-state index in [2.05, 4.69) is 30.2 Å². The SMILES string of the molecule is C[C@@H]1CN(Cc2nc(Nc3ccc(C(F)(F)F)cc3)c3ccc(-c4ncccc4C(F)(F)F)nc3n2)C[C@H](C)O1. The predicted octanol–water partition coefficient (Wildman–Crippen LogP) is 6.48. The summed E-state index contributed by atoms with van der Waals surface area (Å²) < 4.78 is 85.8. The van der Waals surface area contributed by atoms with Gasteiger partial charge in [-0.25, -0.2) is 15.0 Å². The lowest BCUT2D eigenvalue weighted by atomic mass is 10.1. The predicted molar refractivity (Wildman–Crippen MR) is 136 cm³/mol. The Bertz CT molecular complexity index is 1500. The van der Waals surface area contributed by atoms with Gasteiger partial charge in [-0.2, -0.15) is 26.3 Å². The standard InChI is InChI=1S/C27H24F6N6O/c1-15-12-39(13-16(2)40-15)14-22-37-24(35-18-7-5-17(6-8-18)26(28,29)30)19-9-10-21(36-25(19)38-22)23-20(27(31,32)33)4-3-11-34-23/h3-11,15-16H,12-14H2,1-2H3,(H,35,36,37,38)/t15-,16+. The molecule has 0 spiro atoms. The maximum Gasteiger partial charge on any atom is 0.418 e. The van der Waals surface area contributed by atoms with Crippen LogP contribution in [0, 0.1) is 0 Å². The van der Waals surface area contributed by atoms with E-state index in [1.165, 1.54) is 36.5 Å². The number of anilines is 2. The molecular formula is C27H24F6N6O. The van der Waals surface area contributed by atoms with Crippen LogP contribution < -0.4 is 5.32 Å². The van der Waals surface area contributed by atoms with Crippen molar-refractivity contribution in [3.63, 3.8) is 0 Å². The van der Waals surface area contributed by atoms with Gasteiger partial charge in [-0.1, -0.05) is 0 Å². The van der Waals surface area contributed by atoms with Crippen molar-refractivity contribution < 1.29 is 31.1 Å². The number of aromatic nitrogens is 4. The van der Waals surface area contributed by atoms with Gasteiger partial charge in [0.05, 0.1) is 41.0 Å². The third-order valence-corrected chi connectivity index (χ3v) is 6.30. The number of rotatable bonds is 5. The molecule has 2 atom stereocenters. The highest BCUT2D eigenvalue weighted by atomic mass is 19.4. The summed E-state index contributed by atoms with van der Waals surface area (Å²) in [5.41, 5.74) is -1.66. The van der Waals surface area contributed by atoms with E-state index < -0.39 is 23.5 Å². The van der Waals surface area contributed by atoms with Gasteiger partial charge in [0.15, 0.2) is 5.65 Å². The summed E-state index contributed by atoms with van der Waals surface area (Å²) >= 11 is 0. The van der Waals surface area contributed by atoms with Crippen molar-refractivity contribution in [2.45, 2.75) is 45.0 Å². The van der Waals surface area contributed by atoms with E-state index in [9.17, 15) is 26.3 Å². The molecule has 1 aromatic carbocycles. The molecule has 0 aliphatic carbocycles. The smallest absolute Gasteiger partial charge is 0.373 e. The van der Waals surface area contributed by atoms with Crippen LogP contribution in [0.15, 0.2) is 54.7 Å². The largest absolute Gasteiger partial charge is 0.418 e. The van der Waals surface area contributed by atoms with Crippen LogP contribution in [0.4, 0.5) is 37.8 Å². The van der Waals surface area contributed by atoms with Crippen LogP contribution in [-0.4, -0.2) is 50.1 Å². The van der Waals surface area contributed by atoms with Gasteiger partial charge in [0.2, 0.25) is 0 Å². The van der Waals surface area contributed by atoms with Gasteiger partial charge in [0.1, 0.15) is 17.3 Å². The normalized spacial score (nSPS) is 18.7. The Hall–Kier alpha value is -3.84. The second kappa shape index (κ2) is 10.6. The van der Waals surface area contributed by atoms with E-state index in [4.69, 9.17) is 4.74 Å². The molecule has 1 aliphatic heterocycles. The summed E-state index contributed by atoms with van der Waals surface area (Å²) in [6, 6.07) is 9.45. The molecule has 4 heterocycles. The number of fused-ring (bicyclic) bond motifs is 1. The van der Waals surface area contributed by atoms with Crippen LogP contribution in [-0.2, 0) is 23.6 Å². The van der Waals surface area contributed by atoms with E-state index in [0.717, 1.165) is 18.2 Å². The maximum atomic E-state index is 13.7. The zero-order valence-corrected chi connectivity index (χ0v) is 21.4. The number of benzene rings is 1. The molecule has 7 nitrogen and oxygen atoms in total. The van der Waals surface area contributed by atoms with Crippen molar-refractivity contribution in [2.75, 3.05) is 18.4 Å². The van der Waals surface area contributed by atoms with Gasteiger partial charge in [-0.3, -0.25) is 9.88 Å². The lowest BCUT2D eigenvalue weighted by Crippen LogP contribution is -2.45. The van der Waals surface area contributed by atoms with Crippen LogP contribution in [0.1, 0.15) is 30.8 Å². The second-order valence-corrected chi connectivity index (χ2v) is 9.60. The monoisotopic (exact) mass is 562 g/mol. The summed E-state index contributed by atoms with van der Waals surface area (Å²) in [6.07, 6.45) is -7.93. The third-order valence-electron chi connectivity index (χ3n) is 6.30. The minimum absolute atomic E-state index is 0.0244. The Kier molecular flexibility index (Phi) is 7.36. The number of nitrogens with one attached hydrogen (secondary N) is 1. The maximum absolute atomic E-state index is 13.7. The Morgan fingerprint density at radius 3 is 2.23 bits per heavy atom. The van der Waals surface area contributed by atoms with E-state index in [0.29, 0.717) is 36.5 Å². The first kappa shape index (κ1) is 27.7. The molecule has 5 rings (SSSR count). The van der Waals surface area contributed by atoms with Crippen molar-refractivity contribution in [3.05, 3.63) is 71.7 Å². The summed E-state index contributed by atoms with van der Waals surface area (Å²) in [6.45, 7) is 5.42. The number of ether oxygens (including phenoxy) is 1. The summed E-state index contributed by atoms with van der Waals surface area (Å²) in [7, 11) is 0. The lowest BCUT2D eigenvalue weighted by Gasteiger charge is -2.34. The molecule has 1 aliphatic rings. The molecule has 4 aromatic rings. The Morgan fingerprint density at radius 1 is 0.875 bits per heavy atom. The summed E-state index contributed by atoms with van der Waals surface area (Å²) in [5.74, 6) is 0.593. The minimum Gasteiger partial charge on any atom is -0.373 e. The first-order valence-electron chi connectivity index (χ1n) is 12.4. The van der Waals surface area contributed by atoms with Crippen molar-refractivity contribution in [3.8, 4) is 11.4 Å². The fourth-order valence-electron chi connectivity index (χ4n) is 4.68. The third kappa shape index (κ3) is 6.15.